The molecule has 1 heterocycles. The van der Waals surface area contributed by atoms with Gasteiger partial charge >= 0.3 is 0 Å². The van der Waals surface area contributed by atoms with Crippen LogP contribution in [0.1, 0.15) is 35.6 Å². The van der Waals surface area contributed by atoms with Crippen LogP contribution < -0.4 is 0 Å². The van der Waals surface area contributed by atoms with Gasteiger partial charge in [0.1, 0.15) is 11.2 Å². The Bertz CT molecular complexity index is 6790. The Morgan fingerprint density at radius 2 is 0.704 bits per heavy atom. The van der Waals surface area contributed by atoms with Crippen molar-refractivity contribution in [1.82, 2.24) is 0 Å². The lowest BCUT2D eigenvalue weighted by Gasteiger charge is -2.19. The minimum atomic E-state index is -1.07. The van der Waals surface area contributed by atoms with E-state index in [4.69, 9.17) is 27.7 Å². The largest absolute Gasteiger partial charge is 0.456 e. The minimum absolute atomic E-state index is 0.526. The molecule has 0 aliphatic carbocycles. The second kappa shape index (κ2) is 19.1. The lowest BCUT2D eigenvalue weighted by atomic mass is 9.84. The van der Waals surface area contributed by atoms with Gasteiger partial charge in [0.05, 0.1) is 35.6 Å². The van der Waals surface area contributed by atoms with Gasteiger partial charge in [-0.1, -0.05) is 278 Å². The molecule has 0 aliphatic rings. The lowest BCUT2D eigenvalue weighted by molar-refractivity contribution is 0.669. The van der Waals surface area contributed by atoms with Crippen molar-refractivity contribution in [1.29, 1.82) is 0 Å². The van der Waals surface area contributed by atoms with E-state index in [1.165, 1.54) is 70.7 Å². The maximum absolute atomic E-state index is 9.43. The Kier molecular flexibility index (Phi) is 6.44. The summed E-state index contributed by atoms with van der Waals surface area (Å²) in [7, 11) is 0. The molecule has 376 valence electrons. The van der Waals surface area contributed by atoms with Crippen LogP contribution in [-0.4, -0.2) is 0 Å². The van der Waals surface area contributed by atoms with E-state index in [1.807, 2.05) is 0 Å². The van der Waals surface area contributed by atoms with Crippen molar-refractivity contribution in [3.63, 3.8) is 0 Å². The SMILES string of the molecule is [2H]c1c([2H])c(-c2c3c([2H])c([2H])c([2H])c([2H])c3c(-c3c([2H])c([2H])c([2H])c4c([2H])c([2H])c([2H])c([2H])c34)c3c([2H])c([2H])c([2H])c([2H])c23)c([2H])c([2H])c1-c1c([2H])c([2H])c2c([2H])c([2H])c([2H])c([2H])c2c1[2H].c1ccc2cc3c(cc2c1)oc1cccc(-c2c4ccccc4c(-c4cccc5ccccc45)c4ccccc24)c13. The van der Waals surface area contributed by atoms with Gasteiger partial charge in [0.15, 0.2) is 0 Å². The van der Waals surface area contributed by atoms with Crippen molar-refractivity contribution in [2.75, 3.05) is 0 Å². The Labute approximate surface area is 505 Å². The van der Waals surface area contributed by atoms with Gasteiger partial charge in [-0.15, -0.1) is 0 Å². The van der Waals surface area contributed by atoms with E-state index >= 15 is 0 Å². The Hall–Kier alpha value is -10.6. The highest BCUT2D eigenvalue weighted by Crippen LogP contribution is 2.49. The van der Waals surface area contributed by atoms with Gasteiger partial charge in [-0.25, -0.2) is 0 Å². The highest BCUT2D eigenvalue weighted by Gasteiger charge is 2.22. The average molecular weight is 1050 g/mol. The van der Waals surface area contributed by atoms with Gasteiger partial charge in [0.25, 0.3) is 0 Å². The molecule has 0 radical (unpaired) electrons. The van der Waals surface area contributed by atoms with Crippen LogP contribution in [-0.2, 0) is 0 Å². The summed E-state index contributed by atoms with van der Waals surface area (Å²) >= 11 is 0. The molecule has 17 aromatic rings. The van der Waals surface area contributed by atoms with Crippen LogP contribution in [0.2, 0.25) is 0 Å². The smallest absolute Gasteiger partial charge is 0.136 e. The molecule has 0 amide bonds. The molecular formula is C80H50O. The van der Waals surface area contributed by atoms with Gasteiger partial charge in [0, 0.05) is 10.8 Å². The molecule has 0 N–H and O–H groups in total. The molecule has 0 fully saturated rings. The quantitative estimate of drug-likeness (QED) is 0.157. The number of benzene rings is 16. The van der Waals surface area contributed by atoms with E-state index < -0.39 is 234 Å². The third kappa shape index (κ3) is 7.70. The fourth-order valence-electron chi connectivity index (χ4n) is 11.5. The monoisotopic (exact) mass is 1050 g/mol. The molecule has 1 aromatic heterocycles. The summed E-state index contributed by atoms with van der Waals surface area (Å²) < 4.78 is 237. The summed E-state index contributed by atoms with van der Waals surface area (Å²) in [5, 5.41) is 7.06. The summed E-state index contributed by atoms with van der Waals surface area (Å²) in [6.45, 7) is 0. The summed E-state index contributed by atoms with van der Waals surface area (Å²) in [5.41, 5.74) is 2.32. The highest BCUT2D eigenvalue weighted by atomic mass is 16.3. The predicted molar refractivity (Wildman–Crippen MR) is 347 cm³/mol. The number of rotatable bonds is 5. The van der Waals surface area contributed by atoms with Gasteiger partial charge < -0.3 is 4.42 Å². The predicted octanol–water partition coefficient (Wildman–Crippen LogP) is 22.8. The average Bonchev–Trinajstić information content (AvgIpc) is 1.18. The maximum atomic E-state index is 9.43. The fourth-order valence-corrected chi connectivity index (χ4v) is 11.5. The normalized spacial score (nSPS) is 16.2. The third-order valence-electron chi connectivity index (χ3n) is 14.9. The van der Waals surface area contributed by atoms with E-state index in [0.717, 1.165) is 16.6 Å². The van der Waals surface area contributed by atoms with Crippen molar-refractivity contribution in [3.05, 3.63) is 303 Å². The van der Waals surface area contributed by atoms with Crippen molar-refractivity contribution in [2.45, 2.75) is 0 Å². The molecule has 0 aliphatic heterocycles. The van der Waals surface area contributed by atoms with E-state index in [1.54, 1.807) is 0 Å². The fraction of sp³-hybridized carbons (Fsp3) is 0. The zero-order valence-corrected chi connectivity index (χ0v) is 42.3. The summed E-state index contributed by atoms with van der Waals surface area (Å²) in [5.74, 6) is 0. The number of furan rings is 1. The van der Waals surface area contributed by atoms with Crippen molar-refractivity contribution in [2.24, 2.45) is 0 Å². The van der Waals surface area contributed by atoms with E-state index in [-0.39, 0.29) is 0 Å². The standard InChI is InChI=1S/C40H24O.C40H26/c1-2-13-27-24-37-35(23-26(27)12-1)40-34(21-10-22-36(40)41-37)39-32-18-7-5-16-30(32)38(31-17-6-8-19-33(31)39)29-20-9-14-25-11-3-4-15-28(25)29;1-2-12-31-26-32(25-22-27(31)10-1)28-20-23-30(24-21-28)39-35-15-5-7-17-37(35)40(38-18-8-6-16-36(38)39)34-19-9-13-29-11-3-4-14-33(29)34/h1-24H;1-26H/i;1D,2D,3D,4D,5D,6D,7D,8D,9D,10D,11D,12D,13D,14D,15D,16D,17D,18D,19D,20D,21D,22D,23D,24D,25D,26D. The highest BCUT2D eigenvalue weighted by molar-refractivity contribution is 6.28. The van der Waals surface area contributed by atoms with Gasteiger partial charge in [-0.2, -0.15) is 0 Å². The van der Waals surface area contributed by atoms with Crippen LogP contribution in [0.4, 0.5) is 0 Å². The molecule has 0 atom stereocenters. The first-order valence-electron chi connectivity index (χ1n) is 38.9. The molecule has 0 unspecified atom stereocenters. The molecular weight excluding hydrogens is 977 g/mol. The Morgan fingerprint density at radius 3 is 1.38 bits per heavy atom. The number of hydrogen-bond acceptors (Lipinski definition) is 1. The summed E-state index contributed by atoms with van der Waals surface area (Å²) in [6, 6.07) is 28.6. The van der Waals surface area contributed by atoms with Gasteiger partial charge in [-0.3, -0.25) is 0 Å². The maximum Gasteiger partial charge on any atom is 0.136 e. The van der Waals surface area contributed by atoms with E-state index in [9.17, 15) is 12.3 Å². The summed E-state index contributed by atoms with van der Waals surface area (Å²) in [4.78, 5) is 0. The second-order valence-corrected chi connectivity index (χ2v) is 19.3. The van der Waals surface area contributed by atoms with Gasteiger partial charge in [-0.05, 0) is 166 Å². The first-order valence-corrected chi connectivity index (χ1v) is 25.9. The molecule has 1 heteroatoms. The van der Waals surface area contributed by atoms with Crippen LogP contribution >= 0.6 is 0 Å². The molecule has 0 bridgehead atoms. The minimum Gasteiger partial charge on any atom is -0.456 e. The first kappa shape index (κ1) is 27.3. The molecule has 17 rings (SSSR count). The van der Waals surface area contributed by atoms with Crippen LogP contribution in [0.25, 0.3) is 164 Å². The van der Waals surface area contributed by atoms with Crippen molar-refractivity contribution < 1.29 is 40.1 Å². The number of fused-ring (bicyclic) bond motifs is 11. The summed E-state index contributed by atoms with van der Waals surface area (Å²) in [6.07, 6.45) is 0. The molecule has 16 aromatic carbocycles. The zero-order chi connectivity index (χ0) is 76.0. The van der Waals surface area contributed by atoms with Crippen LogP contribution in [0.5, 0.6) is 0 Å². The van der Waals surface area contributed by atoms with Crippen LogP contribution in [0, 0.1) is 0 Å². The molecule has 81 heavy (non-hydrogen) atoms. The lowest BCUT2D eigenvalue weighted by Crippen LogP contribution is -1.92. The first-order chi connectivity index (χ1) is 51.0. The molecule has 1 nitrogen and oxygen atoms in total. The van der Waals surface area contributed by atoms with E-state index in [2.05, 4.69) is 146 Å². The number of hydrogen-bond donors (Lipinski definition) is 0. The Morgan fingerprint density at radius 1 is 0.235 bits per heavy atom. The Balaban J connectivity index is 0.000000181. The van der Waals surface area contributed by atoms with Crippen molar-refractivity contribution >= 4 is 108 Å². The topological polar surface area (TPSA) is 13.1 Å². The van der Waals surface area contributed by atoms with Crippen LogP contribution in [0.3, 0.4) is 0 Å². The van der Waals surface area contributed by atoms with Crippen LogP contribution in [0.15, 0.2) is 307 Å². The molecule has 0 saturated heterocycles. The van der Waals surface area contributed by atoms with Gasteiger partial charge in [0.2, 0.25) is 0 Å². The molecule has 0 saturated carbocycles. The molecule has 0 spiro atoms. The second-order valence-electron chi connectivity index (χ2n) is 19.3. The third-order valence-corrected chi connectivity index (χ3v) is 14.9. The van der Waals surface area contributed by atoms with E-state index in [0.29, 0.717) is 0 Å². The zero-order valence-electron chi connectivity index (χ0n) is 68.3. The van der Waals surface area contributed by atoms with Crippen molar-refractivity contribution in [3.8, 4) is 55.6 Å².